The second-order valence-electron chi connectivity index (χ2n) is 5.67. The van der Waals surface area contributed by atoms with Crippen LogP contribution < -0.4 is 10.1 Å². The van der Waals surface area contributed by atoms with Gasteiger partial charge in [0.05, 0.1) is 36.3 Å². The number of nitrogens with zero attached hydrogens (tertiary/aromatic N) is 3. The largest absolute Gasteiger partial charge is 0.496 e. The van der Waals surface area contributed by atoms with Gasteiger partial charge in [-0.25, -0.2) is 9.67 Å². The molecule has 6 heteroatoms. The van der Waals surface area contributed by atoms with Crippen molar-refractivity contribution in [1.29, 1.82) is 0 Å². The molecule has 0 unspecified atom stereocenters. The van der Waals surface area contributed by atoms with Gasteiger partial charge in [-0.15, -0.1) is 11.3 Å². The first-order valence-electron chi connectivity index (χ1n) is 8.26. The van der Waals surface area contributed by atoms with Crippen LogP contribution in [0.5, 0.6) is 5.75 Å². The molecule has 0 amide bonds. The zero-order chi connectivity index (χ0) is 17.8. The highest BCUT2D eigenvalue weighted by atomic mass is 32.1. The summed E-state index contributed by atoms with van der Waals surface area (Å²) in [5, 5.41) is 10.8. The monoisotopic (exact) mass is 362 g/mol. The van der Waals surface area contributed by atoms with E-state index in [9.17, 15) is 0 Å². The highest BCUT2D eigenvalue weighted by Crippen LogP contribution is 2.32. The molecule has 0 spiro atoms. The Morgan fingerprint density at radius 2 is 1.92 bits per heavy atom. The Morgan fingerprint density at radius 3 is 2.77 bits per heavy atom. The number of nitrogens with one attached hydrogen (secondary N) is 1. The van der Waals surface area contributed by atoms with E-state index in [2.05, 4.69) is 15.8 Å². The third kappa shape index (κ3) is 3.32. The number of ether oxygens (including phenoxy) is 1. The molecule has 0 bridgehead atoms. The first-order chi connectivity index (χ1) is 12.8. The average Bonchev–Trinajstić information content (AvgIpc) is 3.38. The van der Waals surface area contributed by atoms with Crippen LogP contribution in [0.2, 0.25) is 0 Å². The van der Waals surface area contributed by atoms with E-state index in [0.717, 1.165) is 33.4 Å². The number of rotatable bonds is 6. The van der Waals surface area contributed by atoms with Crippen molar-refractivity contribution in [2.45, 2.75) is 6.54 Å². The molecule has 0 fully saturated rings. The zero-order valence-corrected chi connectivity index (χ0v) is 15.1. The Balaban J connectivity index is 1.53. The van der Waals surface area contributed by atoms with E-state index in [0.29, 0.717) is 6.54 Å². The molecule has 4 aromatic rings. The highest BCUT2D eigenvalue weighted by Gasteiger charge is 2.10. The molecule has 2 heterocycles. The van der Waals surface area contributed by atoms with Gasteiger partial charge in [0, 0.05) is 17.8 Å². The molecular weight excluding hydrogens is 344 g/mol. The molecule has 26 heavy (non-hydrogen) atoms. The fourth-order valence-electron chi connectivity index (χ4n) is 2.75. The van der Waals surface area contributed by atoms with Gasteiger partial charge < -0.3 is 10.1 Å². The Bertz CT molecular complexity index is 994. The first-order valence-corrected chi connectivity index (χ1v) is 9.14. The number of thiazole rings is 1. The SMILES string of the molecule is COc1ccccc1-c1nc(CNc2ccccc2-n2cccn2)cs1. The zero-order valence-electron chi connectivity index (χ0n) is 14.3. The minimum Gasteiger partial charge on any atom is -0.496 e. The summed E-state index contributed by atoms with van der Waals surface area (Å²) in [4.78, 5) is 4.75. The highest BCUT2D eigenvalue weighted by molar-refractivity contribution is 7.13. The molecule has 4 rings (SSSR count). The number of hydrogen-bond acceptors (Lipinski definition) is 5. The van der Waals surface area contributed by atoms with E-state index in [1.54, 1.807) is 24.6 Å². The lowest BCUT2D eigenvalue weighted by Crippen LogP contribution is -2.05. The molecule has 0 saturated heterocycles. The molecule has 0 aliphatic carbocycles. The second kappa shape index (κ2) is 7.41. The number of hydrogen-bond donors (Lipinski definition) is 1. The smallest absolute Gasteiger partial charge is 0.129 e. The van der Waals surface area contributed by atoms with E-state index in [-0.39, 0.29) is 0 Å². The molecule has 0 aliphatic rings. The van der Waals surface area contributed by atoms with Gasteiger partial charge >= 0.3 is 0 Å². The lowest BCUT2D eigenvalue weighted by atomic mass is 10.2. The Kier molecular flexibility index (Phi) is 4.66. The van der Waals surface area contributed by atoms with Crippen LogP contribution in [0.3, 0.4) is 0 Å². The van der Waals surface area contributed by atoms with E-state index in [1.807, 2.05) is 65.5 Å². The lowest BCUT2D eigenvalue weighted by molar-refractivity contribution is 0.416. The predicted octanol–water partition coefficient (Wildman–Crippen LogP) is 4.62. The third-order valence-corrected chi connectivity index (χ3v) is 4.93. The van der Waals surface area contributed by atoms with Crippen molar-refractivity contribution in [3.63, 3.8) is 0 Å². The molecule has 2 aromatic carbocycles. The summed E-state index contributed by atoms with van der Waals surface area (Å²) in [6, 6.07) is 18.0. The fraction of sp³-hybridized carbons (Fsp3) is 0.100. The van der Waals surface area contributed by atoms with Crippen LogP contribution in [0.1, 0.15) is 5.69 Å². The van der Waals surface area contributed by atoms with E-state index in [4.69, 9.17) is 9.72 Å². The van der Waals surface area contributed by atoms with Crippen molar-refractivity contribution in [2.24, 2.45) is 0 Å². The summed E-state index contributed by atoms with van der Waals surface area (Å²) in [7, 11) is 1.68. The summed E-state index contributed by atoms with van der Waals surface area (Å²) in [5.41, 5.74) is 4.04. The maximum absolute atomic E-state index is 5.44. The number of para-hydroxylation sites is 3. The third-order valence-electron chi connectivity index (χ3n) is 4.00. The maximum atomic E-state index is 5.44. The molecule has 0 aliphatic heterocycles. The summed E-state index contributed by atoms with van der Waals surface area (Å²) in [6.07, 6.45) is 3.71. The molecular formula is C20H18N4OS. The molecule has 0 saturated carbocycles. The van der Waals surface area contributed by atoms with Crippen molar-refractivity contribution in [2.75, 3.05) is 12.4 Å². The topological polar surface area (TPSA) is 52.0 Å². The summed E-state index contributed by atoms with van der Waals surface area (Å²) >= 11 is 1.62. The number of methoxy groups -OCH3 is 1. The Morgan fingerprint density at radius 1 is 1.08 bits per heavy atom. The normalized spacial score (nSPS) is 10.7. The molecule has 130 valence electrons. The molecule has 2 aromatic heterocycles. The van der Waals surface area contributed by atoms with E-state index in [1.165, 1.54) is 0 Å². The van der Waals surface area contributed by atoms with Gasteiger partial charge in [0.15, 0.2) is 0 Å². The van der Waals surface area contributed by atoms with Crippen LogP contribution in [0, 0.1) is 0 Å². The average molecular weight is 362 g/mol. The van der Waals surface area contributed by atoms with Gasteiger partial charge in [-0.2, -0.15) is 5.10 Å². The number of aromatic nitrogens is 3. The molecule has 0 radical (unpaired) electrons. The second-order valence-corrected chi connectivity index (χ2v) is 6.52. The Hall–Kier alpha value is -3.12. The van der Waals surface area contributed by atoms with Gasteiger partial charge in [0.1, 0.15) is 10.8 Å². The van der Waals surface area contributed by atoms with Gasteiger partial charge in [-0.3, -0.25) is 0 Å². The van der Waals surface area contributed by atoms with E-state index >= 15 is 0 Å². The van der Waals surface area contributed by atoms with Crippen molar-refractivity contribution < 1.29 is 4.74 Å². The van der Waals surface area contributed by atoms with Crippen LogP contribution in [0.4, 0.5) is 5.69 Å². The van der Waals surface area contributed by atoms with Crippen LogP contribution in [-0.2, 0) is 6.54 Å². The van der Waals surface area contributed by atoms with Gasteiger partial charge in [0.2, 0.25) is 0 Å². The minimum absolute atomic E-state index is 0.643. The number of benzene rings is 2. The molecule has 5 nitrogen and oxygen atoms in total. The van der Waals surface area contributed by atoms with Crippen molar-refractivity contribution >= 4 is 17.0 Å². The number of anilines is 1. The van der Waals surface area contributed by atoms with Crippen LogP contribution >= 0.6 is 11.3 Å². The first kappa shape index (κ1) is 16.4. The van der Waals surface area contributed by atoms with Gasteiger partial charge in [0.25, 0.3) is 0 Å². The van der Waals surface area contributed by atoms with Crippen LogP contribution in [0.25, 0.3) is 16.3 Å². The Labute approximate surface area is 155 Å². The summed E-state index contributed by atoms with van der Waals surface area (Å²) < 4.78 is 7.29. The van der Waals surface area contributed by atoms with Crippen LogP contribution in [0.15, 0.2) is 72.4 Å². The quantitative estimate of drug-likeness (QED) is 0.544. The lowest BCUT2D eigenvalue weighted by Gasteiger charge is -2.11. The van der Waals surface area contributed by atoms with Crippen molar-refractivity contribution in [1.82, 2.24) is 14.8 Å². The van der Waals surface area contributed by atoms with Crippen LogP contribution in [-0.4, -0.2) is 21.9 Å². The molecule has 0 atom stereocenters. The van der Waals surface area contributed by atoms with Crippen molar-refractivity contribution in [3.8, 4) is 22.0 Å². The van der Waals surface area contributed by atoms with Gasteiger partial charge in [-0.05, 0) is 30.3 Å². The summed E-state index contributed by atoms with van der Waals surface area (Å²) in [5.74, 6) is 0.838. The van der Waals surface area contributed by atoms with Gasteiger partial charge in [-0.1, -0.05) is 24.3 Å². The standard InChI is InChI=1S/C20H18N4OS/c1-25-19-10-5-2-7-16(19)20-23-15(14-26-20)13-21-17-8-3-4-9-18(17)24-12-6-11-22-24/h2-12,14,21H,13H2,1H3. The maximum Gasteiger partial charge on any atom is 0.129 e. The van der Waals surface area contributed by atoms with E-state index < -0.39 is 0 Å². The minimum atomic E-state index is 0.643. The fourth-order valence-corrected chi connectivity index (χ4v) is 3.60. The summed E-state index contributed by atoms with van der Waals surface area (Å²) in [6.45, 7) is 0.643. The molecule has 1 N–H and O–H groups in total. The predicted molar refractivity (Wildman–Crippen MR) is 105 cm³/mol. The van der Waals surface area contributed by atoms with Crippen molar-refractivity contribution in [3.05, 3.63) is 78.1 Å².